The van der Waals surface area contributed by atoms with Gasteiger partial charge in [-0.25, -0.2) is 8.78 Å². The van der Waals surface area contributed by atoms with Crippen LogP contribution in [-0.4, -0.2) is 17.2 Å². The van der Waals surface area contributed by atoms with Crippen LogP contribution in [0.4, 0.5) is 8.78 Å². The highest BCUT2D eigenvalue weighted by Gasteiger charge is 2.15. The van der Waals surface area contributed by atoms with E-state index in [1.165, 1.54) is 24.3 Å². The van der Waals surface area contributed by atoms with Crippen LogP contribution in [0.25, 0.3) is 0 Å². The number of nitrogens with zero attached hydrogens (tertiary/aromatic N) is 2. The molecule has 22 heavy (non-hydrogen) atoms. The molecule has 0 fully saturated rings. The van der Waals surface area contributed by atoms with Gasteiger partial charge in [0.25, 0.3) is 0 Å². The van der Waals surface area contributed by atoms with Crippen LogP contribution in [0.1, 0.15) is 11.1 Å². The zero-order chi connectivity index (χ0) is 16.7. The lowest BCUT2D eigenvalue weighted by Gasteiger charge is -2.00. The molecule has 0 aliphatic carbocycles. The van der Waals surface area contributed by atoms with E-state index >= 15 is 0 Å². The van der Waals surface area contributed by atoms with Gasteiger partial charge in [-0.15, -0.1) is 0 Å². The third-order valence-electron chi connectivity index (χ3n) is 2.46. The van der Waals surface area contributed by atoms with Crippen molar-refractivity contribution >= 4 is 28.5 Å². The summed E-state index contributed by atoms with van der Waals surface area (Å²) in [5, 5.41) is 34.3. The van der Waals surface area contributed by atoms with Crippen molar-refractivity contribution in [2.75, 3.05) is 0 Å². The van der Waals surface area contributed by atoms with Gasteiger partial charge >= 0.3 is 7.12 Å². The number of nitriles is 2. The summed E-state index contributed by atoms with van der Waals surface area (Å²) < 4.78 is 25.5. The normalized spacial score (nSPS) is 9.05. The summed E-state index contributed by atoms with van der Waals surface area (Å²) in [7, 11) is -1.74. The lowest BCUT2D eigenvalue weighted by molar-refractivity contribution is 0.425. The molecule has 0 saturated carbocycles. The van der Waals surface area contributed by atoms with Gasteiger partial charge in [-0.1, -0.05) is 6.07 Å². The highest BCUT2D eigenvalue weighted by Crippen LogP contribution is 2.15. The molecule has 2 rings (SSSR count). The predicted molar refractivity (Wildman–Crippen MR) is 79.8 cm³/mol. The summed E-state index contributed by atoms with van der Waals surface area (Å²) in [5.41, 5.74) is 0.268. The minimum absolute atomic E-state index is 0.0129. The maximum absolute atomic E-state index is 12.5. The fraction of sp³-hybridized carbons (Fsp3) is 0. The van der Waals surface area contributed by atoms with Crippen molar-refractivity contribution in [3.63, 3.8) is 0 Å². The van der Waals surface area contributed by atoms with Crippen LogP contribution in [0, 0.1) is 34.3 Å². The SMILES string of the molecule is N#Cc1cc(F)ccc1B(O)O.N#Cc1cc(F)ccc1Br. The van der Waals surface area contributed by atoms with E-state index in [4.69, 9.17) is 20.6 Å². The van der Waals surface area contributed by atoms with E-state index in [-0.39, 0.29) is 16.8 Å². The number of hydrogen-bond donors (Lipinski definition) is 2. The topological polar surface area (TPSA) is 88.0 Å². The van der Waals surface area contributed by atoms with Crippen LogP contribution >= 0.6 is 15.9 Å². The monoisotopic (exact) mass is 364 g/mol. The van der Waals surface area contributed by atoms with Crippen molar-refractivity contribution in [2.45, 2.75) is 0 Å². The molecule has 0 unspecified atom stereocenters. The van der Waals surface area contributed by atoms with Crippen molar-refractivity contribution in [2.24, 2.45) is 0 Å². The Balaban J connectivity index is 0.000000224. The van der Waals surface area contributed by atoms with Crippen molar-refractivity contribution < 1.29 is 18.8 Å². The minimum Gasteiger partial charge on any atom is -0.423 e. The lowest BCUT2D eigenvalue weighted by atomic mass is 9.77. The molecule has 4 nitrogen and oxygen atoms in total. The first-order chi connectivity index (χ1) is 10.4. The van der Waals surface area contributed by atoms with Crippen molar-refractivity contribution in [3.05, 3.63) is 63.6 Å². The number of benzene rings is 2. The molecule has 2 aromatic carbocycles. The van der Waals surface area contributed by atoms with Gasteiger partial charge in [-0.3, -0.25) is 0 Å². The number of hydrogen-bond acceptors (Lipinski definition) is 4. The molecule has 0 amide bonds. The molecule has 0 aromatic heterocycles. The summed E-state index contributed by atoms with van der Waals surface area (Å²) in [6, 6.07) is 10.7. The Labute approximate surface area is 134 Å². The molecular weight excluding hydrogens is 357 g/mol. The van der Waals surface area contributed by atoms with E-state index in [0.717, 1.165) is 12.1 Å². The van der Waals surface area contributed by atoms with Gasteiger partial charge in [-0.05, 0) is 46.3 Å². The number of halogens is 3. The van der Waals surface area contributed by atoms with Gasteiger partial charge in [0, 0.05) is 9.94 Å². The van der Waals surface area contributed by atoms with Crippen LogP contribution in [-0.2, 0) is 0 Å². The average Bonchev–Trinajstić information content (AvgIpc) is 2.49. The first-order valence-electron chi connectivity index (χ1n) is 5.80. The Bertz CT molecular complexity index is 757. The Hall–Kier alpha value is -2.26. The van der Waals surface area contributed by atoms with Crippen LogP contribution in [0.5, 0.6) is 0 Å². The van der Waals surface area contributed by atoms with E-state index in [9.17, 15) is 8.78 Å². The van der Waals surface area contributed by atoms with Gasteiger partial charge in [0.05, 0.1) is 17.2 Å². The second-order valence-corrected chi connectivity index (χ2v) is 4.81. The quantitative estimate of drug-likeness (QED) is 0.755. The summed E-state index contributed by atoms with van der Waals surface area (Å²) in [6.45, 7) is 0. The Morgan fingerprint density at radius 2 is 1.41 bits per heavy atom. The van der Waals surface area contributed by atoms with E-state index in [2.05, 4.69) is 15.9 Å². The molecule has 0 aliphatic heterocycles. The molecule has 110 valence electrons. The zero-order valence-electron chi connectivity index (χ0n) is 11.0. The second-order valence-electron chi connectivity index (χ2n) is 3.95. The third kappa shape index (κ3) is 4.94. The minimum atomic E-state index is -1.74. The van der Waals surface area contributed by atoms with Gasteiger partial charge in [0.2, 0.25) is 0 Å². The maximum atomic E-state index is 12.5. The summed E-state index contributed by atoms with van der Waals surface area (Å²) in [4.78, 5) is 0. The Morgan fingerprint density at radius 1 is 0.909 bits per heavy atom. The molecule has 8 heteroatoms. The van der Waals surface area contributed by atoms with Gasteiger partial charge in [0.15, 0.2) is 0 Å². The first-order valence-corrected chi connectivity index (χ1v) is 6.59. The molecule has 0 bridgehead atoms. The standard InChI is InChI=1S/C7H5BFNO2.C7H3BrFN/c9-6-1-2-7(8(11)12)5(3-6)4-10;8-7-2-1-6(9)3-5(7)4-10/h1-3,11-12H;1-3H. The Morgan fingerprint density at radius 3 is 1.86 bits per heavy atom. The van der Waals surface area contributed by atoms with Gasteiger partial charge in [0.1, 0.15) is 17.7 Å². The molecular formula is C14H8BBrF2N2O2. The van der Waals surface area contributed by atoms with Crippen LogP contribution in [0.3, 0.4) is 0 Å². The van der Waals surface area contributed by atoms with Crippen LogP contribution < -0.4 is 5.46 Å². The maximum Gasteiger partial charge on any atom is 0.489 e. The van der Waals surface area contributed by atoms with Crippen molar-refractivity contribution in [1.82, 2.24) is 0 Å². The van der Waals surface area contributed by atoms with E-state index in [0.29, 0.717) is 10.0 Å². The molecule has 2 N–H and O–H groups in total. The Kier molecular flexibility index (Phi) is 6.67. The van der Waals surface area contributed by atoms with E-state index < -0.39 is 12.9 Å². The van der Waals surface area contributed by atoms with E-state index in [1.54, 1.807) is 6.07 Å². The lowest BCUT2D eigenvalue weighted by Crippen LogP contribution is -2.32. The molecule has 0 atom stereocenters. The number of rotatable bonds is 1. The molecule has 0 aliphatic rings. The average molecular weight is 365 g/mol. The summed E-state index contributed by atoms with van der Waals surface area (Å²) in [6.07, 6.45) is 0. The highest BCUT2D eigenvalue weighted by molar-refractivity contribution is 9.10. The first kappa shape index (κ1) is 17.8. The zero-order valence-corrected chi connectivity index (χ0v) is 12.6. The smallest absolute Gasteiger partial charge is 0.423 e. The molecule has 0 radical (unpaired) electrons. The van der Waals surface area contributed by atoms with Crippen molar-refractivity contribution in [3.8, 4) is 12.1 Å². The molecule has 0 saturated heterocycles. The third-order valence-corrected chi connectivity index (χ3v) is 3.15. The highest BCUT2D eigenvalue weighted by atomic mass is 79.9. The fourth-order valence-corrected chi connectivity index (χ4v) is 1.77. The van der Waals surface area contributed by atoms with Gasteiger partial charge < -0.3 is 10.0 Å². The fourth-order valence-electron chi connectivity index (χ4n) is 1.43. The van der Waals surface area contributed by atoms with Gasteiger partial charge in [-0.2, -0.15) is 10.5 Å². The summed E-state index contributed by atoms with van der Waals surface area (Å²) >= 11 is 3.10. The second kappa shape index (κ2) is 8.25. The molecule has 0 spiro atoms. The predicted octanol–water partition coefficient (Wildman–Crippen LogP) is 1.84. The van der Waals surface area contributed by atoms with Crippen LogP contribution in [0.2, 0.25) is 0 Å². The van der Waals surface area contributed by atoms with E-state index in [1.807, 2.05) is 6.07 Å². The van der Waals surface area contributed by atoms with Crippen LogP contribution in [0.15, 0.2) is 40.9 Å². The largest absolute Gasteiger partial charge is 0.489 e. The molecule has 0 heterocycles. The van der Waals surface area contributed by atoms with Crippen molar-refractivity contribution in [1.29, 1.82) is 10.5 Å². The molecule has 2 aromatic rings. The summed E-state index contributed by atoms with van der Waals surface area (Å²) in [5.74, 6) is -0.962.